The topological polar surface area (TPSA) is 62.3 Å². The van der Waals surface area contributed by atoms with E-state index in [2.05, 4.69) is 22.4 Å². The third kappa shape index (κ3) is 5.41. The van der Waals surface area contributed by atoms with Gasteiger partial charge in [0.25, 0.3) is 5.91 Å². The van der Waals surface area contributed by atoms with Gasteiger partial charge in [-0.05, 0) is 61.4 Å². The van der Waals surface area contributed by atoms with E-state index in [1.54, 1.807) is 6.20 Å². The Morgan fingerprint density at radius 2 is 1.66 bits per heavy atom. The van der Waals surface area contributed by atoms with Crippen molar-refractivity contribution in [2.75, 3.05) is 18.4 Å². The third-order valence-electron chi connectivity index (χ3n) is 6.09. The van der Waals surface area contributed by atoms with Crippen LogP contribution in [0.2, 0.25) is 0 Å². The van der Waals surface area contributed by atoms with E-state index in [1.807, 2.05) is 66.4 Å². The number of carbonyl (C=O) groups excluding carboxylic acids is 2. The van der Waals surface area contributed by atoms with Crippen molar-refractivity contribution < 1.29 is 9.59 Å². The molecule has 0 bridgehead atoms. The van der Waals surface area contributed by atoms with Crippen LogP contribution in [0.4, 0.5) is 5.82 Å². The molecule has 5 nitrogen and oxygen atoms in total. The molecule has 164 valence electrons. The zero-order chi connectivity index (χ0) is 22.3. The van der Waals surface area contributed by atoms with Gasteiger partial charge in [0, 0.05) is 30.8 Å². The van der Waals surface area contributed by atoms with Gasteiger partial charge in [-0.25, -0.2) is 4.98 Å². The Bertz CT molecular complexity index is 1060. The fourth-order valence-electron chi connectivity index (χ4n) is 4.16. The summed E-state index contributed by atoms with van der Waals surface area (Å²) in [6.45, 7) is 3.14. The highest BCUT2D eigenvalue weighted by Gasteiger charge is 2.28. The Balaban J connectivity index is 1.34. The lowest BCUT2D eigenvalue weighted by Crippen LogP contribution is -2.41. The highest BCUT2D eigenvalue weighted by atomic mass is 16.2. The number of likely N-dealkylation sites (tertiary alicyclic amines) is 1. The lowest BCUT2D eigenvalue weighted by atomic mass is 9.94. The van der Waals surface area contributed by atoms with Gasteiger partial charge in [-0.1, -0.05) is 54.6 Å². The van der Waals surface area contributed by atoms with Gasteiger partial charge in [0.2, 0.25) is 5.91 Å². The molecule has 0 aliphatic carbocycles. The lowest BCUT2D eigenvalue weighted by Gasteiger charge is -2.31. The summed E-state index contributed by atoms with van der Waals surface area (Å²) in [6.07, 6.45) is 4.80. The standard InChI is InChI=1S/C27H29N3O2/c1-20-11-14-25(28-19-20)29-26(31)23-15-17-30(18-16-23)27(32)24-10-6-5-9-22(24)13-12-21-7-3-2-4-8-21/h2-11,14,19,23H,12-13,15-18H2,1H3,(H,28,29,31). The number of hydrogen-bond donors (Lipinski definition) is 1. The second-order valence-electron chi connectivity index (χ2n) is 8.42. The van der Waals surface area contributed by atoms with Crippen molar-refractivity contribution in [3.63, 3.8) is 0 Å². The molecule has 3 aromatic rings. The van der Waals surface area contributed by atoms with Crippen molar-refractivity contribution in [2.45, 2.75) is 32.6 Å². The number of benzene rings is 2. The number of aromatic nitrogens is 1. The molecule has 1 aromatic heterocycles. The summed E-state index contributed by atoms with van der Waals surface area (Å²) in [5, 5.41) is 2.90. The van der Waals surface area contributed by atoms with Gasteiger partial charge in [-0.2, -0.15) is 0 Å². The van der Waals surface area contributed by atoms with Gasteiger partial charge in [0.15, 0.2) is 0 Å². The molecule has 0 radical (unpaired) electrons. The number of rotatable bonds is 6. The molecular formula is C27H29N3O2. The molecule has 2 amide bonds. The summed E-state index contributed by atoms with van der Waals surface area (Å²) in [5.41, 5.74) is 4.17. The zero-order valence-corrected chi connectivity index (χ0v) is 18.5. The van der Waals surface area contributed by atoms with Crippen LogP contribution in [-0.4, -0.2) is 34.8 Å². The fraction of sp³-hybridized carbons (Fsp3) is 0.296. The normalized spacial score (nSPS) is 14.2. The van der Waals surface area contributed by atoms with Gasteiger partial charge in [0.1, 0.15) is 5.82 Å². The second kappa shape index (κ2) is 10.2. The van der Waals surface area contributed by atoms with Crippen molar-refractivity contribution in [2.24, 2.45) is 5.92 Å². The molecule has 2 heterocycles. The SMILES string of the molecule is Cc1ccc(NC(=O)C2CCN(C(=O)c3ccccc3CCc3ccccc3)CC2)nc1. The summed E-state index contributed by atoms with van der Waals surface area (Å²) in [6, 6.07) is 22.0. The maximum atomic E-state index is 13.2. The number of piperidine rings is 1. The number of hydrogen-bond acceptors (Lipinski definition) is 3. The first-order chi connectivity index (χ1) is 15.6. The summed E-state index contributed by atoms with van der Waals surface area (Å²) in [4.78, 5) is 32.0. The molecule has 0 saturated carbocycles. The molecule has 4 rings (SSSR count). The molecular weight excluding hydrogens is 398 g/mol. The van der Waals surface area contributed by atoms with Crippen molar-refractivity contribution in [3.05, 3.63) is 95.2 Å². The quantitative estimate of drug-likeness (QED) is 0.622. The van der Waals surface area contributed by atoms with Crippen LogP contribution in [0.5, 0.6) is 0 Å². The van der Waals surface area contributed by atoms with Crippen LogP contribution in [0, 0.1) is 12.8 Å². The van der Waals surface area contributed by atoms with Crippen LogP contribution in [0.15, 0.2) is 72.9 Å². The first kappa shape index (κ1) is 21.8. The van der Waals surface area contributed by atoms with Crippen LogP contribution in [-0.2, 0) is 17.6 Å². The van der Waals surface area contributed by atoms with Crippen molar-refractivity contribution in [3.8, 4) is 0 Å². The van der Waals surface area contributed by atoms with E-state index in [0.29, 0.717) is 31.7 Å². The maximum Gasteiger partial charge on any atom is 0.254 e. The molecule has 0 unspecified atom stereocenters. The average Bonchev–Trinajstić information content (AvgIpc) is 2.84. The van der Waals surface area contributed by atoms with Gasteiger partial charge in [0.05, 0.1) is 0 Å². The van der Waals surface area contributed by atoms with E-state index in [9.17, 15) is 9.59 Å². The molecule has 0 atom stereocenters. The summed E-state index contributed by atoms with van der Waals surface area (Å²) in [5.74, 6) is 0.520. The van der Waals surface area contributed by atoms with Crippen LogP contribution in [0.25, 0.3) is 0 Å². The van der Waals surface area contributed by atoms with Gasteiger partial charge >= 0.3 is 0 Å². The third-order valence-corrected chi connectivity index (χ3v) is 6.09. The minimum Gasteiger partial charge on any atom is -0.339 e. The molecule has 1 fully saturated rings. The smallest absolute Gasteiger partial charge is 0.254 e. The first-order valence-corrected chi connectivity index (χ1v) is 11.2. The fourth-order valence-corrected chi connectivity index (χ4v) is 4.16. The van der Waals surface area contributed by atoms with E-state index in [0.717, 1.165) is 29.5 Å². The lowest BCUT2D eigenvalue weighted by molar-refractivity contribution is -0.121. The number of nitrogens with zero attached hydrogens (tertiary/aromatic N) is 2. The van der Waals surface area contributed by atoms with Crippen LogP contribution < -0.4 is 5.32 Å². The minimum atomic E-state index is -0.101. The van der Waals surface area contributed by atoms with Crippen LogP contribution in [0.3, 0.4) is 0 Å². The predicted octanol–water partition coefficient (Wildman–Crippen LogP) is 4.67. The number of aryl methyl sites for hydroxylation is 3. The monoisotopic (exact) mass is 427 g/mol. The van der Waals surface area contributed by atoms with Crippen molar-refractivity contribution in [1.29, 1.82) is 0 Å². The first-order valence-electron chi connectivity index (χ1n) is 11.2. The van der Waals surface area contributed by atoms with E-state index >= 15 is 0 Å². The average molecular weight is 428 g/mol. The summed E-state index contributed by atoms with van der Waals surface area (Å²) < 4.78 is 0. The molecule has 2 aromatic carbocycles. The van der Waals surface area contributed by atoms with E-state index in [4.69, 9.17) is 0 Å². The molecule has 0 spiro atoms. The number of pyridine rings is 1. The second-order valence-corrected chi connectivity index (χ2v) is 8.42. The van der Waals surface area contributed by atoms with Gasteiger partial charge in [-0.3, -0.25) is 9.59 Å². The van der Waals surface area contributed by atoms with Gasteiger partial charge < -0.3 is 10.2 Å². The number of anilines is 1. The van der Waals surface area contributed by atoms with E-state index < -0.39 is 0 Å². The number of carbonyl (C=O) groups is 2. The maximum absolute atomic E-state index is 13.2. The van der Waals surface area contributed by atoms with E-state index in [1.165, 1.54) is 5.56 Å². The molecule has 1 aliphatic rings. The Morgan fingerprint density at radius 3 is 2.38 bits per heavy atom. The predicted molar refractivity (Wildman–Crippen MR) is 127 cm³/mol. The van der Waals surface area contributed by atoms with Crippen LogP contribution >= 0.6 is 0 Å². The summed E-state index contributed by atoms with van der Waals surface area (Å²) in [7, 11) is 0. The molecule has 5 heteroatoms. The molecule has 32 heavy (non-hydrogen) atoms. The van der Waals surface area contributed by atoms with E-state index in [-0.39, 0.29) is 17.7 Å². The Hall–Kier alpha value is -3.47. The van der Waals surface area contributed by atoms with Crippen molar-refractivity contribution in [1.82, 2.24) is 9.88 Å². The number of amides is 2. The molecule has 1 aliphatic heterocycles. The molecule has 1 N–H and O–H groups in total. The van der Waals surface area contributed by atoms with Crippen molar-refractivity contribution >= 4 is 17.6 Å². The highest BCUT2D eigenvalue weighted by molar-refractivity contribution is 5.96. The summed E-state index contributed by atoms with van der Waals surface area (Å²) >= 11 is 0. The Kier molecular flexibility index (Phi) is 6.95. The number of nitrogens with one attached hydrogen (secondary N) is 1. The largest absolute Gasteiger partial charge is 0.339 e. The highest BCUT2D eigenvalue weighted by Crippen LogP contribution is 2.22. The Labute approximate surface area is 189 Å². The molecule has 1 saturated heterocycles. The van der Waals surface area contributed by atoms with Crippen LogP contribution in [0.1, 0.15) is 39.9 Å². The zero-order valence-electron chi connectivity index (χ0n) is 18.5. The Morgan fingerprint density at radius 1 is 0.938 bits per heavy atom. The minimum absolute atomic E-state index is 0.0169. The van der Waals surface area contributed by atoms with Gasteiger partial charge in [-0.15, -0.1) is 0 Å².